The zero-order valence-electron chi connectivity index (χ0n) is 13.6. The summed E-state index contributed by atoms with van der Waals surface area (Å²) in [7, 11) is 1.63. The van der Waals surface area contributed by atoms with E-state index in [2.05, 4.69) is 15.2 Å². The molecule has 6 nitrogen and oxygen atoms in total. The van der Waals surface area contributed by atoms with Gasteiger partial charge in [0.2, 0.25) is 0 Å². The molecule has 0 saturated carbocycles. The van der Waals surface area contributed by atoms with Crippen molar-refractivity contribution in [2.45, 2.75) is 23.7 Å². The fourth-order valence-corrected chi connectivity index (χ4v) is 3.35. The molecule has 0 saturated heterocycles. The maximum atomic E-state index is 9.07. The van der Waals surface area contributed by atoms with Crippen molar-refractivity contribution in [1.29, 1.82) is 5.26 Å². The lowest BCUT2D eigenvalue weighted by Crippen LogP contribution is -2.01. The highest BCUT2D eigenvalue weighted by Crippen LogP contribution is 2.33. The number of aromatic nitrogens is 4. The summed E-state index contributed by atoms with van der Waals surface area (Å²) in [5.41, 5.74) is 1.06. The Balaban J connectivity index is 2.00. The number of nitriles is 1. The van der Waals surface area contributed by atoms with Crippen molar-refractivity contribution in [2.24, 2.45) is 0 Å². The van der Waals surface area contributed by atoms with Crippen LogP contribution in [0.5, 0.6) is 5.75 Å². The number of rotatable bonds is 5. The van der Waals surface area contributed by atoms with E-state index in [1.165, 1.54) is 11.8 Å². The Morgan fingerprint density at radius 3 is 2.76 bits per heavy atom. The minimum absolute atomic E-state index is 0.194. The molecule has 1 aromatic carbocycles. The molecule has 25 heavy (non-hydrogen) atoms. The molecule has 0 unspecified atom stereocenters. The van der Waals surface area contributed by atoms with Crippen molar-refractivity contribution >= 4 is 23.4 Å². The average Bonchev–Trinajstić information content (AvgIpc) is 3.05. The second kappa shape index (κ2) is 7.55. The van der Waals surface area contributed by atoms with Crippen LogP contribution in [0.25, 0.3) is 11.4 Å². The first-order valence-electron chi connectivity index (χ1n) is 7.49. The van der Waals surface area contributed by atoms with Gasteiger partial charge in [0, 0.05) is 6.54 Å². The first-order chi connectivity index (χ1) is 12.2. The summed E-state index contributed by atoms with van der Waals surface area (Å²) in [6, 6.07) is 13.1. The lowest BCUT2D eigenvalue weighted by molar-refractivity contribution is 0.416. The van der Waals surface area contributed by atoms with Crippen molar-refractivity contribution in [3.05, 3.63) is 47.1 Å². The van der Waals surface area contributed by atoms with Crippen molar-refractivity contribution in [1.82, 2.24) is 19.7 Å². The molecule has 0 aliphatic rings. The Labute approximate surface area is 154 Å². The van der Waals surface area contributed by atoms with Crippen LogP contribution in [-0.2, 0) is 6.54 Å². The zero-order chi connectivity index (χ0) is 17.8. The number of methoxy groups -OCH3 is 1. The Hall–Kier alpha value is -2.56. The predicted molar refractivity (Wildman–Crippen MR) is 95.8 cm³/mol. The van der Waals surface area contributed by atoms with Crippen molar-refractivity contribution in [3.8, 4) is 23.2 Å². The van der Waals surface area contributed by atoms with Gasteiger partial charge in [0.25, 0.3) is 0 Å². The molecule has 0 amide bonds. The van der Waals surface area contributed by atoms with E-state index in [1.807, 2.05) is 41.8 Å². The summed E-state index contributed by atoms with van der Waals surface area (Å²) >= 11 is 7.27. The van der Waals surface area contributed by atoms with Crippen LogP contribution in [0.3, 0.4) is 0 Å². The maximum absolute atomic E-state index is 9.07. The molecule has 0 fully saturated rings. The summed E-state index contributed by atoms with van der Waals surface area (Å²) in [6.45, 7) is 2.70. The SMILES string of the molecule is CCn1c(Sc2ccc(Cl)c(C#N)n2)nnc1-c1ccccc1OC. The number of para-hydroxylation sites is 1. The zero-order valence-corrected chi connectivity index (χ0v) is 15.2. The van der Waals surface area contributed by atoms with Gasteiger partial charge >= 0.3 is 0 Å². The van der Waals surface area contributed by atoms with Gasteiger partial charge in [0.05, 0.1) is 17.7 Å². The van der Waals surface area contributed by atoms with Crippen LogP contribution in [-0.4, -0.2) is 26.9 Å². The molecule has 8 heteroatoms. The molecule has 2 heterocycles. The standard InChI is InChI=1S/C17H14ClN5OS/c1-3-23-16(11-6-4-5-7-14(11)24-2)21-22-17(23)25-15-9-8-12(18)13(10-19)20-15/h4-9H,3H2,1-2H3. The number of halogens is 1. The third kappa shape index (κ3) is 3.45. The largest absolute Gasteiger partial charge is 0.496 e. The van der Waals surface area contributed by atoms with Gasteiger partial charge in [-0.1, -0.05) is 23.7 Å². The van der Waals surface area contributed by atoms with Crippen molar-refractivity contribution in [3.63, 3.8) is 0 Å². The van der Waals surface area contributed by atoms with E-state index < -0.39 is 0 Å². The number of hydrogen-bond acceptors (Lipinski definition) is 6. The van der Waals surface area contributed by atoms with E-state index in [9.17, 15) is 0 Å². The second-order valence-corrected chi connectivity index (χ2v) is 6.34. The predicted octanol–water partition coefficient (Wildman–Crippen LogP) is 4.04. The Bertz CT molecular complexity index is 950. The van der Waals surface area contributed by atoms with E-state index in [1.54, 1.807) is 19.2 Å². The molecule has 0 aliphatic heterocycles. The summed E-state index contributed by atoms with van der Waals surface area (Å²) in [5.74, 6) is 1.45. The molecule has 0 radical (unpaired) electrons. The van der Waals surface area contributed by atoms with Gasteiger partial charge in [-0.05, 0) is 43.0 Å². The average molecular weight is 372 g/mol. The highest BCUT2D eigenvalue weighted by atomic mass is 35.5. The monoisotopic (exact) mass is 371 g/mol. The lowest BCUT2D eigenvalue weighted by atomic mass is 10.2. The normalized spacial score (nSPS) is 10.5. The summed E-state index contributed by atoms with van der Waals surface area (Å²) in [4.78, 5) is 4.24. The highest BCUT2D eigenvalue weighted by molar-refractivity contribution is 7.99. The number of pyridine rings is 1. The molecule has 0 atom stereocenters. The minimum atomic E-state index is 0.194. The molecule has 2 aromatic heterocycles. The molecule has 0 aliphatic carbocycles. The van der Waals surface area contributed by atoms with E-state index in [0.717, 1.165) is 17.1 Å². The van der Waals surface area contributed by atoms with Crippen LogP contribution >= 0.6 is 23.4 Å². The molecule has 3 aromatic rings. The number of ether oxygens (including phenoxy) is 1. The van der Waals surface area contributed by atoms with Crippen molar-refractivity contribution < 1.29 is 4.74 Å². The summed E-state index contributed by atoms with van der Waals surface area (Å²) < 4.78 is 7.40. The number of benzene rings is 1. The maximum Gasteiger partial charge on any atom is 0.197 e. The van der Waals surface area contributed by atoms with Crippen LogP contribution in [0.1, 0.15) is 12.6 Å². The fraction of sp³-hybridized carbons (Fsp3) is 0.176. The summed E-state index contributed by atoms with van der Waals surface area (Å²) in [5, 5.41) is 19.3. The third-order valence-electron chi connectivity index (χ3n) is 3.50. The van der Waals surface area contributed by atoms with E-state index in [0.29, 0.717) is 21.7 Å². The van der Waals surface area contributed by atoms with Gasteiger partial charge in [-0.25, -0.2) is 4.98 Å². The molecular weight excluding hydrogens is 358 g/mol. The van der Waals surface area contributed by atoms with Gasteiger partial charge in [-0.3, -0.25) is 0 Å². The highest BCUT2D eigenvalue weighted by Gasteiger charge is 2.17. The number of nitrogens with zero attached hydrogens (tertiary/aromatic N) is 5. The van der Waals surface area contributed by atoms with Crippen LogP contribution in [0.2, 0.25) is 5.02 Å². The van der Waals surface area contributed by atoms with Gasteiger partial charge < -0.3 is 9.30 Å². The summed E-state index contributed by atoms with van der Waals surface area (Å²) in [6.07, 6.45) is 0. The second-order valence-electron chi connectivity index (χ2n) is 4.94. The molecular formula is C17H14ClN5OS. The smallest absolute Gasteiger partial charge is 0.197 e. The van der Waals surface area contributed by atoms with E-state index >= 15 is 0 Å². The molecule has 0 N–H and O–H groups in total. The molecule has 126 valence electrons. The van der Waals surface area contributed by atoms with E-state index in [-0.39, 0.29) is 5.69 Å². The van der Waals surface area contributed by atoms with Crippen LogP contribution < -0.4 is 4.74 Å². The molecule has 0 spiro atoms. The quantitative estimate of drug-likeness (QED) is 0.673. The molecule has 3 rings (SSSR count). The van der Waals surface area contributed by atoms with Gasteiger partial charge in [0.1, 0.15) is 16.8 Å². The van der Waals surface area contributed by atoms with Gasteiger partial charge in [-0.15, -0.1) is 10.2 Å². The van der Waals surface area contributed by atoms with Crippen LogP contribution in [0.15, 0.2) is 46.6 Å². The topological polar surface area (TPSA) is 76.6 Å². The van der Waals surface area contributed by atoms with Gasteiger partial charge in [-0.2, -0.15) is 5.26 Å². The van der Waals surface area contributed by atoms with Gasteiger partial charge in [0.15, 0.2) is 16.7 Å². The first-order valence-corrected chi connectivity index (χ1v) is 8.68. The molecule has 0 bridgehead atoms. The van der Waals surface area contributed by atoms with Crippen molar-refractivity contribution in [2.75, 3.05) is 7.11 Å². The van der Waals surface area contributed by atoms with Crippen LogP contribution in [0, 0.1) is 11.3 Å². The third-order valence-corrected chi connectivity index (χ3v) is 4.73. The first kappa shape index (κ1) is 17.3. The Morgan fingerprint density at radius 1 is 1.24 bits per heavy atom. The Morgan fingerprint density at radius 2 is 2.04 bits per heavy atom. The lowest BCUT2D eigenvalue weighted by Gasteiger charge is -2.10. The Kier molecular flexibility index (Phi) is 5.22. The van der Waals surface area contributed by atoms with E-state index in [4.69, 9.17) is 21.6 Å². The van der Waals surface area contributed by atoms with Crippen LogP contribution in [0.4, 0.5) is 0 Å². The fourth-order valence-electron chi connectivity index (χ4n) is 2.33. The number of hydrogen-bond donors (Lipinski definition) is 0. The minimum Gasteiger partial charge on any atom is -0.496 e.